The fourth-order valence-electron chi connectivity index (χ4n) is 2.19. The lowest BCUT2D eigenvalue weighted by Gasteiger charge is -2.39. The molecule has 100 valence electrons. The van der Waals surface area contributed by atoms with Gasteiger partial charge in [-0.15, -0.1) is 0 Å². The molecule has 18 heavy (non-hydrogen) atoms. The normalized spacial score (nSPS) is 22.2. The number of nitrogens with one attached hydrogen (secondary N) is 1. The van der Waals surface area contributed by atoms with Gasteiger partial charge in [-0.05, 0) is 20.9 Å². The van der Waals surface area contributed by atoms with E-state index in [9.17, 15) is 9.18 Å². The Morgan fingerprint density at radius 3 is 2.83 bits per heavy atom. The van der Waals surface area contributed by atoms with Gasteiger partial charge in [0.05, 0.1) is 6.04 Å². The highest BCUT2D eigenvalue weighted by atomic mass is 19.1. The monoisotopic (exact) mass is 254 g/mol. The van der Waals surface area contributed by atoms with Crippen molar-refractivity contribution >= 4 is 5.91 Å². The minimum absolute atomic E-state index is 0.0000463. The molecule has 0 bridgehead atoms. The first kappa shape index (κ1) is 13.0. The third-order valence-electron chi connectivity index (χ3n) is 3.28. The van der Waals surface area contributed by atoms with E-state index in [0.717, 1.165) is 5.82 Å². The molecule has 5 nitrogen and oxygen atoms in total. The first-order valence-corrected chi connectivity index (χ1v) is 6.07. The summed E-state index contributed by atoms with van der Waals surface area (Å²) in [5.41, 5.74) is -1.82. The zero-order valence-electron chi connectivity index (χ0n) is 11.0. The molecule has 1 amide bonds. The van der Waals surface area contributed by atoms with E-state index in [4.69, 9.17) is 0 Å². The maximum absolute atomic E-state index is 13.7. The van der Waals surface area contributed by atoms with Gasteiger partial charge in [0.2, 0.25) is 0 Å². The quantitative estimate of drug-likeness (QED) is 0.855. The number of likely N-dealkylation sites (N-methyl/N-ethyl adjacent to an activating group) is 1. The van der Waals surface area contributed by atoms with Crippen LogP contribution in [0.5, 0.6) is 0 Å². The second-order valence-electron chi connectivity index (χ2n) is 5.19. The second kappa shape index (κ2) is 4.68. The van der Waals surface area contributed by atoms with E-state index >= 15 is 0 Å². The molecule has 0 spiro atoms. The number of piperazine rings is 1. The molecule has 0 aliphatic carbocycles. The van der Waals surface area contributed by atoms with Crippen molar-refractivity contribution in [3.8, 4) is 0 Å². The summed E-state index contributed by atoms with van der Waals surface area (Å²) in [4.78, 5) is 22.9. The van der Waals surface area contributed by atoms with Gasteiger partial charge in [0.25, 0.3) is 5.91 Å². The van der Waals surface area contributed by atoms with Crippen LogP contribution in [0.4, 0.5) is 4.39 Å². The zero-order chi connectivity index (χ0) is 13.3. The first-order valence-electron chi connectivity index (χ1n) is 6.07. The second-order valence-corrected chi connectivity index (χ2v) is 5.19. The van der Waals surface area contributed by atoms with Gasteiger partial charge in [-0.3, -0.25) is 9.69 Å². The minimum Gasteiger partial charge on any atom is -0.347 e. The minimum atomic E-state index is -1.82. The Labute approximate surface area is 106 Å². The molecule has 0 unspecified atom stereocenters. The maximum Gasteiger partial charge on any atom is 0.259 e. The van der Waals surface area contributed by atoms with Crippen LogP contribution in [0.2, 0.25) is 0 Å². The van der Waals surface area contributed by atoms with Crippen molar-refractivity contribution in [3.63, 3.8) is 0 Å². The van der Waals surface area contributed by atoms with Crippen molar-refractivity contribution in [3.05, 3.63) is 18.2 Å². The number of carbonyl (C=O) groups is 1. The fourth-order valence-corrected chi connectivity index (χ4v) is 2.19. The first-order chi connectivity index (χ1) is 8.39. The van der Waals surface area contributed by atoms with Crippen molar-refractivity contribution in [1.29, 1.82) is 0 Å². The summed E-state index contributed by atoms with van der Waals surface area (Å²) in [6, 6.07) is 0.0000463. The number of halogens is 1. The largest absolute Gasteiger partial charge is 0.347 e. The summed E-state index contributed by atoms with van der Waals surface area (Å²) >= 11 is 0. The lowest BCUT2D eigenvalue weighted by atomic mass is 10.1. The molecular weight excluding hydrogens is 235 g/mol. The molecule has 1 saturated heterocycles. The van der Waals surface area contributed by atoms with Crippen molar-refractivity contribution < 1.29 is 9.18 Å². The van der Waals surface area contributed by atoms with Gasteiger partial charge >= 0.3 is 0 Å². The molecule has 1 aliphatic rings. The standard InChI is InChI=1S/C12H19FN4O/c1-12(2,13)11(18)17-7-6-16(3)9(8-17)10-14-4-5-15-10/h4-5,9H,6-8H2,1-3H3,(H,14,15)/t9-/m1/s1. The summed E-state index contributed by atoms with van der Waals surface area (Å²) in [6.45, 7) is 4.34. The summed E-state index contributed by atoms with van der Waals surface area (Å²) in [7, 11) is 1.98. The molecule has 0 radical (unpaired) electrons. The van der Waals surface area contributed by atoms with Gasteiger partial charge in [-0.1, -0.05) is 0 Å². The number of amides is 1. The number of alkyl halides is 1. The zero-order valence-corrected chi connectivity index (χ0v) is 11.0. The van der Waals surface area contributed by atoms with E-state index in [1.54, 1.807) is 17.3 Å². The molecule has 2 heterocycles. The number of hydrogen-bond acceptors (Lipinski definition) is 3. The van der Waals surface area contributed by atoms with E-state index < -0.39 is 11.6 Å². The molecule has 1 aliphatic heterocycles. The van der Waals surface area contributed by atoms with Gasteiger partial charge in [0.15, 0.2) is 5.67 Å². The Hall–Kier alpha value is -1.43. The number of hydrogen-bond donors (Lipinski definition) is 1. The summed E-state index contributed by atoms with van der Waals surface area (Å²) in [6.07, 6.45) is 3.44. The smallest absolute Gasteiger partial charge is 0.259 e. The topological polar surface area (TPSA) is 52.2 Å². The van der Waals surface area contributed by atoms with Gasteiger partial charge < -0.3 is 9.88 Å². The predicted octanol–water partition coefficient (Wildman–Crippen LogP) is 0.973. The average Bonchev–Trinajstić information content (AvgIpc) is 2.81. The Morgan fingerprint density at radius 1 is 1.56 bits per heavy atom. The van der Waals surface area contributed by atoms with Crippen LogP contribution in [0, 0.1) is 0 Å². The Morgan fingerprint density at radius 2 is 2.28 bits per heavy atom. The number of carbonyl (C=O) groups excluding carboxylic acids is 1. The number of H-pyrrole nitrogens is 1. The van der Waals surface area contributed by atoms with Crippen LogP contribution in [0.3, 0.4) is 0 Å². The molecule has 1 aromatic heterocycles. The molecular formula is C12H19FN4O. The molecule has 1 N–H and O–H groups in total. The van der Waals surface area contributed by atoms with Gasteiger partial charge in [0.1, 0.15) is 5.82 Å². The molecule has 6 heteroatoms. The van der Waals surface area contributed by atoms with Crippen LogP contribution in [0.25, 0.3) is 0 Å². The highest BCUT2D eigenvalue weighted by Crippen LogP contribution is 2.23. The van der Waals surface area contributed by atoms with Crippen LogP contribution in [-0.2, 0) is 4.79 Å². The Bertz CT molecular complexity index is 412. The SMILES string of the molecule is CN1CCN(C(=O)C(C)(C)F)C[C@@H]1c1ncc[nH]1. The number of aromatic nitrogens is 2. The van der Waals surface area contributed by atoms with E-state index in [2.05, 4.69) is 14.9 Å². The van der Waals surface area contributed by atoms with Gasteiger partial charge in [0, 0.05) is 32.0 Å². The number of imidazole rings is 1. The number of rotatable bonds is 2. The van der Waals surface area contributed by atoms with Crippen LogP contribution in [0.1, 0.15) is 25.7 Å². The van der Waals surface area contributed by atoms with Crippen LogP contribution in [0.15, 0.2) is 12.4 Å². The third-order valence-corrected chi connectivity index (χ3v) is 3.28. The van der Waals surface area contributed by atoms with Crippen molar-refractivity contribution in [2.75, 3.05) is 26.7 Å². The lowest BCUT2D eigenvalue weighted by molar-refractivity contribution is -0.144. The van der Waals surface area contributed by atoms with E-state index in [1.165, 1.54) is 13.8 Å². The van der Waals surface area contributed by atoms with Crippen molar-refractivity contribution in [2.24, 2.45) is 0 Å². The summed E-state index contributed by atoms with van der Waals surface area (Å²) < 4.78 is 13.7. The van der Waals surface area contributed by atoms with Gasteiger partial charge in [-0.25, -0.2) is 9.37 Å². The van der Waals surface area contributed by atoms with Crippen LogP contribution < -0.4 is 0 Å². The highest BCUT2D eigenvalue weighted by molar-refractivity contribution is 5.84. The van der Waals surface area contributed by atoms with E-state index in [1.807, 2.05) is 7.05 Å². The Kier molecular flexibility index (Phi) is 3.38. The fraction of sp³-hybridized carbons (Fsp3) is 0.667. The molecule has 1 aromatic rings. The van der Waals surface area contributed by atoms with Gasteiger partial charge in [-0.2, -0.15) is 0 Å². The number of nitrogens with zero attached hydrogens (tertiary/aromatic N) is 3. The van der Waals surface area contributed by atoms with E-state index in [0.29, 0.717) is 19.6 Å². The Balaban J connectivity index is 2.12. The predicted molar refractivity (Wildman–Crippen MR) is 65.7 cm³/mol. The maximum atomic E-state index is 13.7. The number of aromatic amines is 1. The molecule has 2 rings (SSSR count). The van der Waals surface area contributed by atoms with E-state index in [-0.39, 0.29) is 6.04 Å². The molecule has 1 fully saturated rings. The van der Waals surface area contributed by atoms with Crippen molar-refractivity contribution in [2.45, 2.75) is 25.6 Å². The molecule has 0 aromatic carbocycles. The average molecular weight is 254 g/mol. The van der Waals surface area contributed by atoms with Crippen LogP contribution >= 0.6 is 0 Å². The summed E-state index contributed by atoms with van der Waals surface area (Å²) in [5, 5.41) is 0. The third kappa shape index (κ3) is 2.53. The molecule has 0 saturated carbocycles. The highest BCUT2D eigenvalue weighted by Gasteiger charge is 2.36. The lowest BCUT2D eigenvalue weighted by Crippen LogP contribution is -2.53. The van der Waals surface area contributed by atoms with Crippen molar-refractivity contribution in [1.82, 2.24) is 19.8 Å². The van der Waals surface area contributed by atoms with Crippen LogP contribution in [-0.4, -0.2) is 58.0 Å². The molecule has 1 atom stereocenters. The summed E-state index contributed by atoms with van der Waals surface area (Å²) in [5.74, 6) is 0.360.